The molecule has 0 atom stereocenters. The lowest BCUT2D eigenvalue weighted by Gasteiger charge is -2.01. The second-order valence-corrected chi connectivity index (χ2v) is 6.61. The summed E-state index contributed by atoms with van der Waals surface area (Å²) >= 11 is 0. The van der Waals surface area contributed by atoms with Gasteiger partial charge in [0.15, 0.2) is 0 Å². The molecule has 0 aliphatic rings. The van der Waals surface area contributed by atoms with Gasteiger partial charge in [-0.25, -0.2) is 18.4 Å². The fraction of sp³-hybridized carbons (Fsp3) is 0. The normalized spacial score (nSPS) is 11.2. The zero-order valence-electron chi connectivity index (χ0n) is 8.15. The van der Waals surface area contributed by atoms with Crippen LogP contribution >= 0.6 is 10.8 Å². The van der Waals surface area contributed by atoms with Crippen molar-refractivity contribution in [2.24, 2.45) is 0 Å². The minimum absolute atomic E-state index is 0.228. The maximum atomic E-state index is 11.9. The summed E-state index contributed by atoms with van der Waals surface area (Å²) in [6.07, 6.45) is 3.02. The summed E-state index contributed by atoms with van der Waals surface area (Å²) in [4.78, 5) is 7.98. The highest BCUT2D eigenvalue weighted by Gasteiger charge is 2.17. The molecular formula is C10H8N2O2S2. The van der Waals surface area contributed by atoms with E-state index in [0.29, 0.717) is 10.8 Å². The Kier molecular flexibility index (Phi) is 3.21. The Labute approximate surface area is 97.1 Å². The van der Waals surface area contributed by atoms with Crippen LogP contribution in [0.5, 0.6) is 0 Å². The van der Waals surface area contributed by atoms with Gasteiger partial charge in [0.2, 0.25) is 14.0 Å². The molecule has 0 unspecified atom stereocenters. The molecule has 0 amide bonds. The molecule has 82 valence electrons. The fourth-order valence-electron chi connectivity index (χ4n) is 1.06. The minimum atomic E-state index is -3.42. The van der Waals surface area contributed by atoms with Crippen molar-refractivity contribution in [1.29, 1.82) is 0 Å². The van der Waals surface area contributed by atoms with Crippen LogP contribution in [0.25, 0.3) is 0 Å². The van der Waals surface area contributed by atoms with E-state index < -0.39 is 8.87 Å². The molecule has 0 N–H and O–H groups in total. The van der Waals surface area contributed by atoms with Gasteiger partial charge in [-0.3, -0.25) is 0 Å². The Morgan fingerprint density at radius 1 is 0.938 bits per heavy atom. The highest BCUT2D eigenvalue weighted by atomic mass is 33.1. The van der Waals surface area contributed by atoms with E-state index in [-0.39, 0.29) is 10.1 Å². The van der Waals surface area contributed by atoms with Gasteiger partial charge in [-0.1, -0.05) is 18.2 Å². The Bertz CT molecular complexity index is 556. The van der Waals surface area contributed by atoms with Crippen molar-refractivity contribution < 1.29 is 8.42 Å². The first kappa shape index (κ1) is 11.1. The van der Waals surface area contributed by atoms with Crippen molar-refractivity contribution >= 4 is 19.7 Å². The van der Waals surface area contributed by atoms with Crippen molar-refractivity contribution in [2.45, 2.75) is 10.1 Å². The molecule has 4 nitrogen and oxygen atoms in total. The van der Waals surface area contributed by atoms with Gasteiger partial charge in [0, 0.05) is 23.2 Å². The van der Waals surface area contributed by atoms with Crippen LogP contribution in [-0.2, 0) is 8.87 Å². The Hall–Kier alpha value is -1.40. The molecular weight excluding hydrogens is 244 g/mol. The summed E-state index contributed by atoms with van der Waals surface area (Å²) in [5.74, 6) is 0. The van der Waals surface area contributed by atoms with Crippen LogP contribution < -0.4 is 0 Å². The summed E-state index contributed by atoms with van der Waals surface area (Å²) in [6.45, 7) is 0. The molecule has 2 aromatic rings. The summed E-state index contributed by atoms with van der Waals surface area (Å²) < 4.78 is 23.8. The van der Waals surface area contributed by atoms with Gasteiger partial charge >= 0.3 is 0 Å². The van der Waals surface area contributed by atoms with Crippen molar-refractivity contribution in [2.75, 3.05) is 0 Å². The summed E-state index contributed by atoms with van der Waals surface area (Å²) in [5.41, 5.74) is 0. The van der Waals surface area contributed by atoms with Gasteiger partial charge in [-0.15, -0.1) is 0 Å². The minimum Gasteiger partial charge on any atom is -0.230 e. The molecule has 1 aromatic heterocycles. The van der Waals surface area contributed by atoms with E-state index in [9.17, 15) is 8.42 Å². The van der Waals surface area contributed by atoms with Crippen molar-refractivity contribution in [3.63, 3.8) is 0 Å². The predicted octanol–water partition coefficient (Wildman–Crippen LogP) is 1.96. The fourth-order valence-corrected chi connectivity index (χ4v) is 3.52. The number of aromatic nitrogens is 2. The SMILES string of the molecule is O=S(=O)(Sc1ncccn1)c1ccccc1. The topological polar surface area (TPSA) is 59.9 Å². The van der Waals surface area contributed by atoms with Crippen LogP contribution in [0.4, 0.5) is 0 Å². The van der Waals surface area contributed by atoms with E-state index in [0.717, 1.165) is 0 Å². The van der Waals surface area contributed by atoms with Crippen molar-refractivity contribution in [1.82, 2.24) is 9.97 Å². The van der Waals surface area contributed by atoms with Crippen LogP contribution in [0.2, 0.25) is 0 Å². The average molecular weight is 252 g/mol. The summed E-state index contributed by atoms with van der Waals surface area (Å²) in [7, 11) is -2.77. The average Bonchev–Trinajstić information content (AvgIpc) is 2.31. The van der Waals surface area contributed by atoms with Gasteiger partial charge in [0.25, 0.3) is 0 Å². The molecule has 1 aromatic carbocycles. The second kappa shape index (κ2) is 4.63. The standard InChI is InChI=1S/C10H8N2O2S2/c13-16(14,9-5-2-1-3-6-9)15-10-11-7-4-8-12-10/h1-8H. The first-order valence-electron chi connectivity index (χ1n) is 4.45. The van der Waals surface area contributed by atoms with Crippen molar-refractivity contribution in [3.05, 3.63) is 48.8 Å². The quantitative estimate of drug-likeness (QED) is 0.617. The molecule has 6 heteroatoms. The summed E-state index contributed by atoms with van der Waals surface area (Å²) in [6, 6.07) is 9.86. The molecule has 0 saturated heterocycles. The number of hydrogen-bond acceptors (Lipinski definition) is 5. The zero-order chi connectivity index (χ0) is 11.4. The zero-order valence-corrected chi connectivity index (χ0v) is 9.78. The van der Waals surface area contributed by atoms with E-state index in [1.54, 1.807) is 36.4 Å². The number of hydrogen-bond donors (Lipinski definition) is 0. The Morgan fingerprint density at radius 3 is 2.19 bits per heavy atom. The van der Waals surface area contributed by atoms with E-state index in [1.165, 1.54) is 12.4 Å². The van der Waals surface area contributed by atoms with Crippen molar-refractivity contribution in [3.8, 4) is 0 Å². The highest BCUT2D eigenvalue weighted by molar-refractivity contribution is 8.72. The van der Waals surface area contributed by atoms with Gasteiger partial charge in [-0.2, -0.15) is 0 Å². The summed E-state index contributed by atoms with van der Waals surface area (Å²) in [5, 5.41) is 0.228. The molecule has 0 aliphatic heterocycles. The molecule has 2 rings (SSSR count). The molecule has 0 aliphatic carbocycles. The van der Waals surface area contributed by atoms with Crippen LogP contribution in [0.3, 0.4) is 0 Å². The van der Waals surface area contributed by atoms with Gasteiger partial charge in [0.05, 0.1) is 4.90 Å². The molecule has 0 bridgehead atoms. The third-order valence-electron chi connectivity index (χ3n) is 1.76. The lowest BCUT2D eigenvalue weighted by atomic mass is 10.4. The molecule has 0 fully saturated rings. The second-order valence-electron chi connectivity index (χ2n) is 2.88. The predicted molar refractivity (Wildman–Crippen MR) is 61.5 cm³/mol. The molecule has 0 radical (unpaired) electrons. The largest absolute Gasteiger partial charge is 0.237 e. The Balaban J connectivity index is 2.29. The first-order valence-corrected chi connectivity index (χ1v) is 7.27. The van der Waals surface area contributed by atoms with E-state index in [2.05, 4.69) is 9.97 Å². The lowest BCUT2D eigenvalue weighted by molar-refractivity contribution is 0.610. The molecule has 0 spiro atoms. The van der Waals surface area contributed by atoms with E-state index in [4.69, 9.17) is 0 Å². The lowest BCUT2D eigenvalue weighted by Crippen LogP contribution is -1.96. The smallest absolute Gasteiger partial charge is 0.230 e. The molecule has 1 heterocycles. The van der Waals surface area contributed by atoms with Crippen LogP contribution in [0.1, 0.15) is 0 Å². The highest BCUT2D eigenvalue weighted by Crippen LogP contribution is 2.27. The maximum Gasteiger partial charge on any atom is 0.237 e. The number of benzene rings is 1. The number of nitrogens with zero attached hydrogens (tertiary/aromatic N) is 2. The van der Waals surface area contributed by atoms with Gasteiger partial charge in [-0.05, 0) is 18.2 Å². The monoisotopic (exact) mass is 252 g/mol. The first-order chi connectivity index (χ1) is 7.68. The number of rotatable bonds is 3. The van der Waals surface area contributed by atoms with E-state index >= 15 is 0 Å². The third-order valence-corrected chi connectivity index (χ3v) is 4.87. The molecule has 0 saturated carbocycles. The third kappa shape index (κ3) is 2.59. The van der Waals surface area contributed by atoms with Crippen LogP contribution in [-0.4, -0.2) is 18.4 Å². The van der Waals surface area contributed by atoms with Crippen LogP contribution in [0, 0.1) is 0 Å². The molecule has 16 heavy (non-hydrogen) atoms. The Morgan fingerprint density at radius 2 is 1.56 bits per heavy atom. The van der Waals surface area contributed by atoms with E-state index in [1.807, 2.05) is 0 Å². The maximum absolute atomic E-state index is 11.9. The van der Waals surface area contributed by atoms with Gasteiger partial charge < -0.3 is 0 Å². The van der Waals surface area contributed by atoms with Gasteiger partial charge in [0.1, 0.15) is 0 Å². The van der Waals surface area contributed by atoms with Crippen LogP contribution in [0.15, 0.2) is 58.8 Å².